The highest BCUT2D eigenvalue weighted by Gasteiger charge is 2.30. The Labute approximate surface area is 143 Å². The van der Waals surface area contributed by atoms with Crippen LogP contribution in [0, 0.1) is 29.1 Å². The smallest absolute Gasteiger partial charge is 0.333 e. The van der Waals surface area contributed by atoms with Gasteiger partial charge in [-0.3, -0.25) is 4.79 Å². The number of amides is 1. The summed E-state index contributed by atoms with van der Waals surface area (Å²) in [5.74, 6) is -15.5. The van der Waals surface area contributed by atoms with Gasteiger partial charge in [-0.15, -0.1) is 0 Å². The van der Waals surface area contributed by atoms with Gasteiger partial charge in [-0.2, -0.15) is 8.78 Å². The number of carbonyl (C=O) groups excluding carboxylic acids is 2. The quantitative estimate of drug-likeness (QED) is 0.215. The number of carbonyl (C=O) groups is 2. The third-order valence-electron chi connectivity index (χ3n) is 3.28. The summed E-state index contributed by atoms with van der Waals surface area (Å²) in [7, 11) is 0. The standard InChI is InChI=1S/C16H11F5N2O3/c1-6(23-15(24)7-4-2-3-5-8(7)22)16(25)26-14-12(20)10(18)9(17)11(19)13(14)21/h2-6H,22H2,1H3,(H,23,24). The molecule has 138 valence electrons. The minimum atomic E-state index is -2.39. The minimum absolute atomic E-state index is 0.0170. The minimum Gasteiger partial charge on any atom is -0.418 e. The maximum Gasteiger partial charge on any atom is 0.333 e. The molecule has 0 radical (unpaired) electrons. The first-order valence-electron chi connectivity index (χ1n) is 7.03. The number of halogens is 5. The molecule has 26 heavy (non-hydrogen) atoms. The van der Waals surface area contributed by atoms with E-state index >= 15 is 0 Å². The van der Waals surface area contributed by atoms with Crippen LogP contribution in [0.1, 0.15) is 17.3 Å². The Morgan fingerprint density at radius 1 is 0.962 bits per heavy atom. The van der Waals surface area contributed by atoms with Crippen LogP contribution in [-0.2, 0) is 4.79 Å². The van der Waals surface area contributed by atoms with Gasteiger partial charge in [0.15, 0.2) is 0 Å². The molecular weight excluding hydrogens is 363 g/mol. The third-order valence-corrected chi connectivity index (χ3v) is 3.28. The fourth-order valence-corrected chi connectivity index (χ4v) is 1.90. The SMILES string of the molecule is CC(NC(=O)c1ccccc1N)C(=O)Oc1c(F)c(F)c(F)c(F)c1F. The fraction of sp³-hybridized carbons (Fsp3) is 0.125. The van der Waals surface area contributed by atoms with Crippen molar-refractivity contribution in [3.63, 3.8) is 0 Å². The zero-order valence-electron chi connectivity index (χ0n) is 13.1. The molecule has 2 aromatic rings. The highest BCUT2D eigenvalue weighted by atomic mass is 19.2. The number of hydrogen-bond acceptors (Lipinski definition) is 4. The lowest BCUT2D eigenvalue weighted by atomic mass is 10.1. The molecule has 0 aliphatic heterocycles. The van der Waals surface area contributed by atoms with Gasteiger partial charge in [0.1, 0.15) is 6.04 Å². The lowest BCUT2D eigenvalue weighted by Gasteiger charge is -2.15. The van der Waals surface area contributed by atoms with Crippen molar-refractivity contribution in [2.45, 2.75) is 13.0 Å². The molecule has 0 saturated carbocycles. The summed E-state index contributed by atoms with van der Waals surface area (Å²) in [5, 5.41) is 2.14. The van der Waals surface area contributed by atoms with Gasteiger partial charge in [-0.05, 0) is 19.1 Å². The van der Waals surface area contributed by atoms with E-state index in [1.807, 2.05) is 0 Å². The molecule has 2 aromatic carbocycles. The van der Waals surface area contributed by atoms with Crippen LogP contribution in [0.3, 0.4) is 0 Å². The Balaban J connectivity index is 2.18. The van der Waals surface area contributed by atoms with Crippen LogP contribution in [-0.4, -0.2) is 17.9 Å². The molecule has 0 heterocycles. The Bertz CT molecular complexity index is 859. The summed E-state index contributed by atoms with van der Waals surface area (Å²) in [6.45, 7) is 1.09. The molecule has 1 amide bonds. The van der Waals surface area contributed by atoms with Crippen LogP contribution in [0.2, 0.25) is 0 Å². The Kier molecular flexibility index (Phi) is 5.44. The molecule has 0 spiro atoms. The van der Waals surface area contributed by atoms with Crippen LogP contribution in [0.25, 0.3) is 0 Å². The lowest BCUT2D eigenvalue weighted by molar-refractivity contribution is -0.136. The van der Waals surface area contributed by atoms with Gasteiger partial charge in [0, 0.05) is 5.69 Å². The molecule has 0 saturated heterocycles. The molecular formula is C16H11F5N2O3. The number of anilines is 1. The first-order chi connectivity index (χ1) is 12.1. The number of nitrogens with one attached hydrogen (secondary N) is 1. The lowest BCUT2D eigenvalue weighted by Crippen LogP contribution is -2.41. The van der Waals surface area contributed by atoms with Crippen LogP contribution in [0.4, 0.5) is 27.6 Å². The zero-order chi connectivity index (χ0) is 19.6. The van der Waals surface area contributed by atoms with E-state index in [1.54, 1.807) is 6.07 Å². The van der Waals surface area contributed by atoms with Crippen molar-refractivity contribution in [3.05, 3.63) is 58.9 Å². The summed E-state index contributed by atoms with van der Waals surface area (Å²) in [6, 6.07) is 4.37. The van der Waals surface area contributed by atoms with Crippen LogP contribution < -0.4 is 15.8 Å². The van der Waals surface area contributed by atoms with Gasteiger partial charge >= 0.3 is 5.97 Å². The molecule has 0 aromatic heterocycles. The first-order valence-corrected chi connectivity index (χ1v) is 7.03. The Morgan fingerprint density at radius 3 is 2.00 bits per heavy atom. The van der Waals surface area contributed by atoms with Gasteiger partial charge in [0.25, 0.3) is 5.91 Å². The Morgan fingerprint density at radius 2 is 1.46 bits per heavy atom. The number of benzene rings is 2. The number of ether oxygens (including phenoxy) is 1. The molecule has 1 unspecified atom stereocenters. The predicted octanol–water partition coefficient (Wildman–Crippen LogP) is 2.69. The molecule has 0 aliphatic carbocycles. The van der Waals surface area contributed by atoms with Crippen molar-refractivity contribution in [2.24, 2.45) is 0 Å². The topological polar surface area (TPSA) is 81.4 Å². The van der Waals surface area contributed by atoms with Gasteiger partial charge in [-0.25, -0.2) is 18.0 Å². The number of para-hydroxylation sites is 1. The van der Waals surface area contributed by atoms with Gasteiger partial charge in [0.05, 0.1) is 5.56 Å². The monoisotopic (exact) mass is 374 g/mol. The van der Waals surface area contributed by atoms with Crippen LogP contribution >= 0.6 is 0 Å². The van der Waals surface area contributed by atoms with Gasteiger partial charge in [-0.1, -0.05) is 12.1 Å². The molecule has 5 nitrogen and oxygen atoms in total. The van der Waals surface area contributed by atoms with E-state index in [0.717, 1.165) is 6.92 Å². The average Bonchev–Trinajstić information content (AvgIpc) is 2.62. The fourth-order valence-electron chi connectivity index (χ4n) is 1.90. The zero-order valence-corrected chi connectivity index (χ0v) is 13.1. The summed E-state index contributed by atoms with van der Waals surface area (Å²) < 4.78 is 70.4. The number of hydrogen-bond donors (Lipinski definition) is 2. The second-order valence-corrected chi connectivity index (χ2v) is 5.10. The summed E-state index contributed by atoms with van der Waals surface area (Å²) in [4.78, 5) is 23.8. The van der Waals surface area contributed by atoms with Crippen molar-refractivity contribution in [2.75, 3.05) is 5.73 Å². The second-order valence-electron chi connectivity index (χ2n) is 5.10. The largest absolute Gasteiger partial charge is 0.418 e. The molecule has 1 atom stereocenters. The molecule has 2 rings (SSSR count). The summed E-state index contributed by atoms with van der Waals surface area (Å²) in [5.41, 5.74) is 5.71. The van der Waals surface area contributed by atoms with E-state index < -0.39 is 52.8 Å². The predicted molar refractivity (Wildman–Crippen MR) is 79.6 cm³/mol. The number of esters is 1. The molecule has 0 aliphatic rings. The van der Waals surface area contributed by atoms with E-state index in [1.165, 1.54) is 18.2 Å². The maximum atomic E-state index is 13.5. The molecule has 3 N–H and O–H groups in total. The van der Waals surface area contributed by atoms with Crippen LogP contribution in [0.5, 0.6) is 5.75 Å². The van der Waals surface area contributed by atoms with Gasteiger partial charge < -0.3 is 15.8 Å². The van der Waals surface area contributed by atoms with Gasteiger partial charge in [0.2, 0.25) is 34.8 Å². The van der Waals surface area contributed by atoms with E-state index in [9.17, 15) is 31.5 Å². The van der Waals surface area contributed by atoms with E-state index in [0.29, 0.717) is 0 Å². The highest BCUT2D eigenvalue weighted by Crippen LogP contribution is 2.29. The number of nitrogen functional groups attached to an aromatic ring is 1. The van der Waals surface area contributed by atoms with Crippen molar-refractivity contribution >= 4 is 17.6 Å². The second kappa shape index (κ2) is 7.38. The van der Waals surface area contributed by atoms with Crippen molar-refractivity contribution in [1.29, 1.82) is 0 Å². The average molecular weight is 374 g/mol. The van der Waals surface area contributed by atoms with Crippen molar-refractivity contribution in [1.82, 2.24) is 5.32 Å². The summed E-state index contributed by atoms with van der Waals surface area (Å²) >= 11 is 0. The van der Waals surface area contributed by atoms with E-state index in [4.69, 9.17) is 5.73 Å². The van der Waals surface area contributed by atoms with Crippen molar-refractivity contribution in [3.8, 4) is 5.75 Å². The number of rotatable bonds is 4. The Hall–Kier alpha value is -3.17. The van der Waals surface area contributed by atoms with Crippen LogP contribution in [0.15, 0.2) is 24.3 Å². The molecule has 0 bridgehead atoms. The maximum absolute atomic E-state index is 13.5. The molecule has 10 heteroatoms. The highest BCUT2D eigenvalue weighted by molar-refractivity contribution is 6.00. The first kappa shape index (κ1) is 19.2. The number of nitrogens with two attached hydrogens (primary N) is 1. The van der Waals surface area contributed by atoms with E-state index in [2.05, 4.69) is 10.1 Å². The van der Waals surface area contributed by atoms with E-state index in [-0.39, 0.29) is 11.3 Å². The third kappa shape index (κ3) is 3.58. The van der Waals surface area contributed by atoms with Crippen molar-refractivity contribution < 1.29 is 36.3 Å². The summed E-state index contributed by atoms with van der Waals surface area (Å²) in [6.07, 6.45) is 0. The molecule has 0 fully saturated rings. The normalized spacial score (nSPS) is 11.8.